The summed E-state index contributed by atoms with van der Waals surface area (Å²) in [5, 5.41) is 4.26. The maximum Gasteiger partial charge on any atom is 0.0443 e. The molecular formula is C15H22ClN. The predicted molar refractivity (Wildman–Crippen MR) is 76.8 cm³/mol. The van der Waals surface area contributed by atoms with Gasteiger partial charge in [0, 0.05) is 11.1 Å². The number of hydrogen-bond donors (Lipinski definition) is 1. The minimum Gasteiger partial charge on any atom is -0.314 e. The van der Waals surface area contributed by atoms with Crippen molar-refractivity contribution in [2.24, 2.45) is 0 Å². The first-order valence-corrected chi connectivity index (χ1v) is 6.61. The van der Waals surface area contributed by atoms with Crippen LogP contribution in [0.4, 0.5) is 0 Å². The number of hydrogen-bond acceptors (Lipinski definition) is 1. The standard InChI is InChI=1S/C15H22ClN/c1-12(2)17-10-6-4-5-7-14-9-8-13(3)11-15(14)16/h4-5,8-9,11-12,17H,6-7,10H2,1-3H3/b5-4+. The molecule has 0 aromatic heterocycles. The van der Waals surface area contributed by atoms with Crippen molar-refractivity contribution in [1.82, 2.24) is 5.32 Å². The summed E-state index contributed by atoms with van der Waals surface area (Å²) in [7, 11) is 0. The lowest BCUT2D eigenvalue weighted by Crippen LogP contribution is -2.23. The van der Waals surface area contributed by atoms with Crippen LogP contribution in [-0.4, -0.2) is 12.6 Å². The number of benzene rings is 1. The predicted octanol–water partition coefficient (Wildman–Crippen LogP) is 4.14. The first kappa shape index (κ1) is 14.3. The van der Waals surface area contributed by atoms with E-state index < -0.39 is 0 Å². The maximum absolute atomic E-state index is 6.16. The lowest BCUT2D eigenvalue weighted by molar-refractivity contribution is 0.594. The summed E-state index contributed by atoms with van der Waals surface area (Å²) < 4.78 is 0. The van der Waals surface area contributed by atoms with E-state index in [0.717, 1.165) is 24.4 Å². The van der Waals surface area contributed by atoms with Crippen LogP contribution in [0.15, 0.2) is 30.4 Å². The van der Waals surface area contributed by atoms with Crippen molar-refractivity contribution in [2.45, 2.75) is 39.7 Å². The van der Waals surface area contributed by atoms with Crippen molar-refractivity contribution >= 4 is 11.6 Å². The van der Waals surface area contributed by atoms with Gasteiger partial charge in [0.15, 0.2) is 0 Å². The van der Waals surface area contributed by atoms with Gasteiger partial charge in [0.05, 0.1) is 0 Å². The molecule has 17 heavy (non-hydrogen) atoms. The molecule has 1 rings (SSSR count). The van der Waals surface area contributed by atoms with E-state index in [1.807, 2.05) is 6.07 Å². The maximum atomic E-state index is 6.16. The molecule has 94 valence electrons. The number of rotatable bonds is 6. The Morgan fingerprint density at radius 2 is 2.06 bits per heavy atom. The molecule has 0 saturated heterocycles. The highest BCUT2D eigenvalue weighted by Crippen LogP contribution is 2.18. The van der Waals surface area contributed by atoms with E-state index in [0.29, 0.717) is 6.04 Å². The van der Waals surface area contributed by atoms with Crippen LogP contribution in [0.25, 0.3) is 0 Å². The molecule has 1 aromatic rings. The average molecular weight is 252 g/mol. The minimum absolute atomic E-state index is 0.565. The number of nitrogens with one attached hydrogen (secondary N) is 1. The fourth-order valence-electron chi connectivity index (χ4n) is 1.60. The Kier molecular flexibility index (Phi) is 6.31. The molecule has 0 unspecified atom stereocenters. The molecule has 0 radical (unpaired) electrons. The summed E-state index contributed by atoms with van der Waals surface area (Å²) >= 11 is 6.16. The van der Waals surface area contributed by atoms with Gasteiger partial charge in [0.1, 0.15) is 0 Å². The largest absolute Gasteiger partial charge is 0.314 e. The second kappa shape index (κ2) is 7.52. The van der Waals surface area contributed by atoms with Crippen LogP contribution in [0.2, 0.25) is 5.02 Å². The van der Waals surface area contributed by atoms with Crippen molar-refractivity contribution in [1.29, 1.82) is 0 Å². The van der Waals surface area contributed by atoms with Gasteiger partial charge in [-0.25, -0.2) is 0 Å². The van der Waals surface area contributed by atoms with Crippen LogP contribution < -0.4 is 5.32 Å². The van der Waals surface area contributed by atoms with Gasteiger partial charge in [0.25, 0.3) is 0 Å². The Morgan fingerprint density at radius 1 is 1.29 bits per heavy atom. The fourth-order valence-corrected chi connectivity index (χ4v) is 1.91. The van der Waals surface area contributed by atoms with E-state index in [-0.39, 0.29) is 0 Å². The van der Waals surface area contributed by atoms with Gasteiger partial charge >= 0.3 is 0 Å². The zero-order chi connectivity index (χ0) is 12.7. The van der Waals surface area contributed by atoms with Gasteiger partial charge in [-0.05, 0) is 43.5 Å². The van der Waals surface area contributed by atoms with E-state index in [4.69, 9.17) is 11.6 Å². The van der Waals surface area contributed by atoms with Crippen molar-refractivity contribution in [3.05, 3.63) is 46.5 Å². The first-order valence-electron chi connectivity index (χ1n) is 6.23. The van der Waals surface area contributed by atoms with Crippen molar-refractivity contribution in [3.8, 4) is 0 Å². The summed E-state index contributed by atoms with van der Waals surface area (Å²) in [6, 6.07) is 6.80. The highest BCUT2D eigenvalue weighted by molar-refractivity contribution is 6.31. The quantitative estimate of drug-likeness (QED) is 0.592. The number of aryl methyl sites for hydroxylation is 1. The summed E-state index contributed by atoms with van der Waals surface area (Å²) in [6.45, 7) is 7.42. The average Bonchev–Trinajstić information content (AvgIpc) is 2.25. The van der Waals surface area contributed by atoms with Crippen molar-refractivity contribution < 1.29 is 0 Å². The second-order valence-corrected chi connectivity index (χ2v) is 5.08. The Balaban J connectivity index is 2.32. The molecular weight excluding hydrogens is 230 g/mol. The lowest BCUT2D eigenvalue weighted by atomic mass is 10.1. The second-order valence-electron chi connectivity index (χ2n) is 4.67. The van der Waals surface area contributed by atoms with Crippen LogP contribution >= 0.6 is 11.6 Å². The summed E-state index contributed by atoms with van der Waals surface area (Å²) in [6.07, 6.45) is 6.40. The third-order valence-electron chi connectivity index (χ3n) is 2.58. The highest BCUT2D eigenvalue weighted by atomic mass is 35.5. The van der Waals surface area contributed by atoms with Crippen LogP contribution in [0, 0.1) is 6.92 Å². The van der Waals surface area contributed by atoms with Gasteiger partial charge < -0.3 is 5.32 Å². The molecule has 0 saturated carbocycles. The third kappa shape index (κ3) is 5.90. The van der Waals surface area contributed by atoms with Gasteiger partial charge in [-0.3, -0.25) is 0 Å². The topological polar surface area (TPSA) is 12.0 Å². The van der Waals surface area contributed by atoms with E-state index in [1.54, 1.807) is 0 Å². The summed E-state index contributed by atoms with van der Waals surface area (Å²) in [5.41, 5.74) is 2.41. The Bertz CT molecular complexity index is 369. The molecule has 0 fully saturated rings. The molecule has 0 bridgehead atoms. The molecule has 1 nitrogen and oxygen atoms in total. The monoisotopic (exact) mass is 251 g/mol. The van der Waals surface area contributed by atoms with Crippen LogP contribution in [-0.2, 0) is 6.42 Å². The SMILES string of the molecule is Cc1ccc(C/C=C/CCNC(C)C)c(Cl)c1. The van der Waals surface area contributed by atoms with E-state index in [2.05, 4.69) is 50.4 Å². The van der Waals surface area contributed by atoms with Crippen molar-refractivity contribution in [3.63, 3.8) is 0 Å². The first-order chi connectivity index (χ1) is 8.09. The van der Waals surface area contributed by atoms with Crippen molar-refractivity contribution in [2.75, 3.05) is 6.54 Å². The molecule has 0 heterocycles. The molecule has 0 aliphatic rings. The molecule has 2 heteroatoms. The number of allylic oxidation sites excluding steroid dienone is 1. The van der Waals surface area contributed by atoms with E-state index >= 15 is 0 Å². The highest BCUT2D eigenvalue weighted by Gasteiger charge is 1.97. The fraction of sp³-hybridized carbons (Fsp3) is 0.467. The molecule has 1 aromatic carbocycles. The lowest BCUT2D eigenvalue weighted by Gasteiger charge is -2.05. The molecule has 0 atom stereocenters. The van der Waals surface area contributed by atoms with Gasteiger partial charge in [-0.2, -0.15) is 0 Å². The van der Waals surface area contributed by atoms with Crippen LogP contribution in [0.1, 0.15) is 31.4 Å². The molecule has 0 aliphatic heterocycles. The minimum atomic E-state index is 0.565. The molecule has 0 aliphatic carbocycles. The van der Waals surface area contributed by atoms with Crippen LogP contribution in [0.5, 0.6) is 0 Å². The summed E-state index contributed by atoms with van der Waals surface area (Å²) in [4.78, 5) is 0. The zero-order valence-electron chi connectivity index (χ0n) is 11.0. The van der Waals surface area contributed by atoms with E-state index in [1.165, 1.54) is 11.1 Å². The van der Waals surface area contributed by atoms with E-state index in [9.17, 15) is 0 Å². The summed E-state index contributed by atoms with van der Waals surface area (Å²) in [5.74, 6) is 0. The van der Waals surface area contributed by atoms with Gasteiger partial charge in [-0.15, -0.1) is 0 Å². The smallest absolute Gasteiger partial charge is 0.0443 e. The molecule has 1 N–H and O–H groups in total. The molecule has 0 amide bonds. The normalized spacial score (nSPS) is 11.6. The number of halogens is 1. The Hall–Kier alpha value is -0.790. The zero-order valence-corrected chi connectivity index (χ0v) is 11.7. The Morgan fingerprint density at radius 3 is 2.71 bits per heavy atom. The Labute approximate surface area is 110 Å². The third-order valence-corrected chi connectivity index (χ3v) is 2.93. The molecule has 0 spiro atoms. The van der Waals surface area contributed by atoms with Gasteiger partial charge in [-0.1, -0.05) is 49.7 Å². The van der Waals surface area contributed by atoms with Crippen LogP contribution in [0.3, 0.4) is 0 Å². The van der Waals surface area contributed by atoms with Gasteiger partial charge in [0.2, 0.25) is 0 Å².